The number of benzene rings is 2. The Bertz CT molecular complexity index is 467. The Morgan fingerprint density at radius 3 is 1.58 bits per heavy atom. The molecule has 0 bridgehead atoms. The van der Waals surface area contributed by atoms with Crippen molar-refractivity contribution in [2.75, 3.05) is 10.2 Å². The van der Waals surface area contributed by atoms with Crippen LogP contribution in [0, 0.1) is 0 Å². The van der Waals surface area contributed by atoms with E-state index < -0.39 is 0 Å². The molecule has 0 amide bonds. The van der Waals surface area contributed by atoms with Gasteiger partial charge >= 0.3 is 0 Å². The molecular formula is C15H18N4. The van der Waals surface area contributed by atoms with Crippen LogP contribution in [-0.4, -0.2) is 6.17 Å². The number of anilines is 2. The lowest BCUT2D eigenvalue weighted by Gasteiger charge is -2.29. The molecule has 1 fully saturated rings. The van der Waals surface area contributed by atoms with Crippen LogP contribution in [0.15, 0.2) is 60.7 Å². The fourth-order valence-corrected chi connectivity index (χ4v) is 2.14. The van der Waals surface area contributed by atoms with E-state index in [9.17, 15) is 0 Å². The molecule has 4 nitrogen and oxygen atoms in total. The molecule has 0 unspecified atom stereocenters. The second-order valence-corrected chi connectivity index (χ2v) is 4.51. The molecular weight excluding hydrogens is 236 g/mol. The summed E-state index contributed by atoms with van der Waals surface area (Å²) in [6.07, 6.45) is 1.24. The molecule has 1 aliphatic heterocycles. The van der Waals surface area contributed by atoms with Crippen LogP contribution in [0.5, 0.6) is 0 Å². The molecule has 2 N–H and O–H groups in total. The quantitative estimate of drug-likeness (QED) is 0.881. The predicted octanol–water partition coefficient (Wildman–Crippen LogP) is 2.67. The minimum atomic E-state index is 0.236. The van der Waals surface area contributed by atoms with Crippen LogP contribution < -0.4 is 21.1 Å². The highest BCUT2D eigenvalue weighted by molar-refractivity contribution is 5.56. The zero-order valence-corrected chi connectivity index (χ0v) is 11.0. The van der Waals surface area contributed by atoms with Crippen molar-refractivity contribution in [3.05, 3.63) is 60.7 Å². The molecule has 4 heteroatoms. The number of hydrogen-bond acceptors (Lipinski definition) is 4. The number of hydrogen-bond donors (Lipinski definition) is 2. The normalized spacial score (nSPS) is 16.1. The summed E-state index contributed by atoms with van der Waals surface area (Å²) in [5.74, 6) is 0. The Balaban J connectivity index is 1.92. The molecule has 1 saturated heterocycles. The van der Waals surface area contributed by atoms with Crippen LogP contribution in [0.25, 0.3) is 0 Å². The van der Waals surface area contributed by atoms with E-state index in [0.717, 1.165) is 17.8 Å². The highest BCUT2D eigenvalue weighted by Crippen LogP contribution is 2.22. The maximum atomic E-state index is 3.45. The molecule has 98 valence electrons. The number of nitrogens with zero attached hydrogens (tertiary/aromatic N) is 2. The summed E-state index contributed by atoms with van der Waals surface area (Å²) in [6.45, 7) is 2.16. The molecule has 2 aromatic carbocycles. The average molecular weight is 254 g/mol. The second kappa shape index (κ2) is 5.30. The van der Waals surface area contributed by atoms with Crippen LogP contribution in [0.1, 0.15) is 13.3 Å². The van der Waals surface area contributed by atoms with E-state index in [2.05, 4.69) is 42.0 Å². The second-order valence-electron chi connectivity index (χ2n) is 4.51. The van der Waals surface area contributed by atoms with Crippen molar-refractivity contribution in [3.63, 3.8) is 0 Å². The van der Waals surface area contributed by atoms with Gasteiger partial charge in [-0.2, -0.15) is 10.9 Å². The fraction of sp³-hybridized carbons (Fsp3) is 0.200. The van der Waals surface area contributed by atoms with Crippen molar-refractivity contribution in [1.82, 2.24) is 10.9 Å². The summed E-state index contributed by atoms with van der Waals surface area (Å²) in [7, 11) is 0. The Morgan fingerprint density at radius 1 is 0.789 bits per heavy atom. The van der Waals surface area contributed by atoms with Gasteiger partial charge in [-0.25, -0.2) is 10.2 Å². The molecule has 0 spiro atoms. The summed E-state index contributed by atoms with van der Waals surface area (Å²) in [4.78, 5) is 0. The molecule has 0 aliphatic carbocycles. The van der Waals surface area contributed by atoms with Gasteiger partial charge < -0.3 is 0 Å². The largest absolute Gasteiger partial charge is 0.201 e. The van der Waals surface area contributed by atoms with E-state index in [4.69, 9.17) is 0 Å². The van der Waals surface area contributed by atoms with E-state index in [1.165, 1.54) is 0 Å². The Kier molecular flexibility index (Phi) is 3.35. The molecule has 0 radical (unpaired) electrons. The van der Waals surface area contributed by atoms with Gasteiger partial charge in [-0.3, -0.25) is 0 Å². The molecule has 19 heavy (non-hydrogen) atoms. The van der Waals surface area contributed by atoms with Gasteiger partial charge in [0.15, 0.2) is 0 Å². The number of nitrogens with one attached hydrogen (secondary N) is 2. The SMILES string of the molecule is CCC1NN(c2ccccc2)N(c2ccccc2)N1. The van der Waals surface area contributed by atoms with E-state index in [-0.39, 0.29) is 6.17 Å². The highest BCUT2D eigenvalue weighted by atomic mass is 16.0. The maximum Gasteiger partial charge on any atom is 0.0963 e. The third-order valence-corrected chi connectivity index (χ3v) is 3.17. The van der Waals surface area contributed by atoms with Gasteiger partial charge in [0.05, 0.1) is 17.5 Å². The summed E-state index contributed by atoms with van der Waals surface area (Å²) in [5, 5.41) is 4.09. The Morgan fingerprint density at radius 2 is 1.21 bits per heavy atom. The predicted molar refractivity (Wildman–Crippen MR) is 78.2 cm³/mol. The maximum absolute atomic E-state index is 3.45. The molecule has 0 saturated carbocycles. The van der Waals surface area contributed by atoms with E-state index in [0.29, 0.717) is 0 Å². The zero-order chi connectivity index (χ0) is 13.1. The number of rotatable bonds is 3. The molecule has 2 aromatic rings. The van der Waals surface area contributed by atoms with Crippen LogP contribution in [-0.2, 0) is 0 Å². The van der Waals surface area contributed by atoms with Crippen LogP contribution in [0.4, 0.5) is 11.4 Å². The molecule has 3 rings (SSSR count). The van der Waals surface area contributed by atoms with Gasteiger partial charge in [-0.1, -0.05) is 43.3 Å². The molecule has 0 atom stereocenters. The van der Waals surface area contributed by atoms with Crippen molar-refractivity contribution >= 4 is 11.4 Å². The summed E-state index contributed by atoms with van der Waals surface area (Å²) in [5.41, 5.74) is 9.12. The third kappa shape index (κ3) is 2.41. The standard InChI is InChI=1S/C15H18N4/c1-2-15-16-18(13-9-5-3-6-10-13)19(17-15)14-11-7-4-8-12-14/h3-12,15-17H,2H2,1H3. The molecule has 1 aliphatic rings. The van der Waals surface area contributed by atoms with Gasteiger partial charge in [-0.05, 0) is 30.7 Å². The van der Waals surface area contributed by atoms with Gasteiger partial charge in [-0.15, -0.1) is 0 Å². The van der Waals surface area contributed by atoms with Crippen molar-refractivity contribution in [3.8, 4) is 0 Å². The lowest BCUT2D eigenvalue weighted by Crippen LogP contribution is -2.45. The van der Waals surface area contributed by atoms with Gasteiger partial charge in [0, 0.05) is 0 Å². The van der Waals surface area contributed by atoms with Gasteiger partial charge in [0.2, 0.25) is 0 Å². The van der Waals surface area contributed by atoms with Crippen LogP contribution in [0.3, 0.4) is 0 Å². The smallest absolute Gasteiger partial charge is 0.0963 e. The van der Waals surface area contributed by atoms with Gasteiger partial charge in [0.25, 0.3) is 0 Å². The van der Waals surface area contributed by atoms with Gasteiger partial charge in [0.1, 0.15) is 0 Å². The molecule has 1 heterocycles. The minimum absolute atomic E-state index is 0.236. The monoisotopic (exact) mass is 254 g/mol. The number of hydrazine groups is 3. The molecule has 0 aromatic heterocycles. The zero-order valence-electron chi connectivity index (χ0n) is 11.0. The first-order valence-electron chi connectivity index (χ1n) is 6.61. The van der Waals surface area contributed by atoms with Crippen molar-refractivity contribution in [2.45, 2.75) is 19.5 Å². The van der Waals surface area contributed by atoms with Crippen molar-refractivity contribution in [1.29, 1.82) is 0 Å². The van der Waals surface area contributed by atoms with E-state index in [1.54, 1.807) is 0 Å². The van der Waals surface area contributed by atoms with Crippen molar-refractivity contribution in [2.24, 2.45) is 0 Å². The third-order valence-electron chi connectivity index (χ3n) is 3.17. The lowest BCUT2D eigenvalue weighted by molar-refractivity contribution is 0.526. The summed E-state index contributed by atoms with van der Waals surface area (Å²) < 4.78 is 0. The van der Waals surface area contributed by atoms with Crippen molar-refractivity contribution < 1.29 is 0 Å². The van der Waals surface area contributed by atoms with Crippen LogP contribution in [0.2, 0.25) is 0 Å². The fourth-order valence-electron chi connectivity index (χ4n) is 2.14. The Hall–Kier alpha value is -2.04. The van der Waals surface area contributed by atoms with E-state index in [1.807, 2.05) is 46.6 Å². The Labute approximate surface area is 113 Å². The van der Waals surface area contributed by atoms with Crippen LogP contribution >= 0.6 is 0 Å². The topological polar surface area (TPSA) is 30.5 Å². The first-order chi connectivity index (χ1) is 9.38. The average Bonchev–Trinajstić information content (AvgIpc) is 2.93. The van der Waals surface area contributed by atoms with E-state index >= 15 is 0 Å². The first-order valence-corrected chi connectivity index (χ1v) is 6.61. The number of para-hydroxylation sites is 2. The highest BCUT2D eigenvalue weighted by Gasteiger charge is 2.28. The summed E-state index contributed by atoms with van der Waals surface area (Å²) >= 11 is 0. The minimum Gasteiger partial charge on any atom is -0.201 e. The summed E-state index contributed by atoms with van der Waals surface area (Å²) in [6, 6.07) is 20.6. The lowest BCUT2D eigenvalue weighted by atomic mass is 10.3. The first kappa shape index (κ1) is 12.0.